The summed E-state index contributed by atoms with van der Waals surface area (Å²) >= 11 is 0. The van der Waals surface area contributed by atoms with Gasteiger partial charge >= 0.3 is 0 Å². The Labute approximate surface area is 160 Å². The van der Waals surface area contributed by atoms with Crippen LogP contribution in [0, 0.1) is 5.92 Å². The van der Waals surface area contributed by atoms with Crippen LogP contribution in [0.3, 0.4) is 0 Å². The van der Waals surface area contributed by atoms with Crippen LogP contribution in [0.25, 0.3) is 0 Å². The Morgan fingerprint density at radius 2 is 1.74 bits per heavy atom. The van der Waals surface area contributed by atoms with Crippen LogP contribution in [0.15, 0.2) is 54.6 Å². The summed E-state index contributed by atoms with van der Waals surface area (Å²) in [7, 11) is 0. The summed E-state index contributed by atoms with van der Waals surface area (Å²) in [5.41, 5.74) is 1.84. The quantitative estimate of drug-likeness (QED) is 0.848. The fourth-order valence-corrected chi connectivity index (χ4v) is 3.26. The van der Waals surface area contributed by atoms with Crippen molar-refractivity contribution in [2.24, 2.45) is 5.92 Å². The maximum absolute atomic E-state index is 12.6. The molecule has 1 aliphatic rings. The van der Waals surface area contributed by atoms with Gasteiger partial charge in [0, 0.05) is 18.7 Å². The Morgan fingerprint density at radius 1 is 1.07 bits per heavy atom. The Hall–Kier alpha value is -2.82. The zero-order chi connectivity index (χ0) is 19.4. The molecule has 5 nitrogen and oxygen atoms in total. The van der Waals surface area contributed by atoms with Gasteiger partial charge in [0.2, 0.25) is 11.8 Å². The van der Waals surface area contributed by atoms with Crippen molar-refractivity contribution in [3.05, 3.63) is 60.2 Å². The van der Waals surface area contributed by atoms with Crippen LogP contribution in [0.1, 0.15) is 38.8 Å². The second-order valence-corrected chi connectivity index (χ2v) is 7.21. The van der Waals surface area contributed by atoms with Crippen LogP contribution in [0.4, 0.5) is 5.69 Å². The molecule has 2 aromatic rings. The van der Waals surface area contributed by atoms with Crippen molar-refractivity contribution in [3.8, 4) is 5.75 Å². The van der Waals surface area contributed by atoms with Crippen LogP contribution in [-0.2, 0) is 9.59 Å². The molecule has 0 aromatic heterocycles. The van der Waals surface area contributed by atoms with Gasteiger partial charge in [0.15, 0.2) is 0 Å². The van der Waals surface area contributed by atoms with Crippen LogP contribution < -0.4 is 15.0 Å². The first-order chi connectivity index (χ1) is 12.9. The Balaban J connectivity index is 1.59. The fraction of sp³-hybridized carbons (Fsp3) is 0.364. The molecule has 2 unspecified atom stereocenters. The summed E-state index contributed by atoms with van der Waals surface area (Å²) in [5.74, 6) is 0.386. The maximum atomic E-state index is 12.6. The van der Waals surface area contributed by atoms with Crippen LogP contribution in [0.5, 0.6) is 5.75 Å². The topological polar surface area (TPSA) is 58.6 Å². The first-order valence-corrected chi connectivity index (χ1v) is 9.36. The molecule has 2 aromatic carbocycles. The van der Waals surface area contributed by atoms with Gasteiger partial charge in [-0.15, -0.1) is 0 Å². The number of benzene rings is 2. The number of anilines is 1. The van der Waals surface area contributed by atoms with Gasteiger partial charge < -0.3 is 15.0 Å². The van der Waals surface area contributed by atoms with E-state index in [2.05, 4.69) is 5.32 Å². The van der Waals surface area contributed by atoms with E-state index in [4.69, 9.17) is 4.74 Å². The van der Waals surface area contributed by atoms with Gasteiger partial charge in [-0.25, -0.2) is 0 Å². The monoisotopic (exact) mass is 366 g/mol. The minimum atomic E-state index is -0.330. The van der Waals surface area contributed by atoms with Crippen molar-refractivity contribution < 1.29 is 14.3 Å². The van der Waals surface area contributed by atoms with Gasteiger partial charge in [-0.05, 0) is 50.6 Å². The molecule has 0 bridgehead atoms. The van der Waals surface area contributed by atoms with Gasteiger partial charge in [-0.3, -0.25) is 9.59 Å². The zero-order valence-corrected chi connectivity index (χ0v) is 16.0. The molecule has 27 heavy (non-hydrogen) atoms. The molecule has 142 valence electrons. The number of nitrogens with zero attached hydrogens (tertiary/aromatic N) is 1. The molecule has 0 aliphatic carbocycles. The molecule has 2 amide bonds. The van der Waals surface area contributed by atoms with Crippen molar-refractivity contribution >= 4 is 17.5 Å². The van der Waals surface area contributed by atoms with Crippen LogP contribution in [0.2, 0.25) is 0 Å². The largest absolute Gasteiger partial charge is 0.491 e. The lowest BCUT2D eigenvalue weighted by Crippen LogP contribution is -2.34. The second kappa shape index (κ2) is 8.25. The van der Waals surface area contributed by atoms with Crippen LogP contribution in [-0.4, -0.2) is 24.5 Å². The van der Waals surface area contributed by atoms with Crippen molar-refractivity contribution in [2.45, 2.75) is 39.3 Å². The minimum absolute atomic E-state index is 0.0100. The van der Waals surface area contributed by atoms with Gasteiger partial charge in [0.05, 0.1) is 18.1 Å². The molecule has 1 saturated heterocycles. The third-order valence-electron chi connectivity index (χ3n) is 4.67. The molecule has 2 atom stereocenters. The lowest BCUT2D eigenvalue weighted by molar-refractivity contribution is -0.126. The zero-order valence-electron chi connectivity index (χ0n) is 16.0. The highest BCUT2D eigenvalue weighted by molar-refractivity contribution is 6.00. The standard InChI is InChI=1S/C22H26N2O3/c1-15(2)27-20-11-9-17(10-12-20)16(3)23-22(26)18-13-21(25)24(14-18)19-7-5-4-6-8-19/h4-12,15-16,18H,13-14H2,1-3H3,(H,23,26). The molecule has 0 spiro atoms. The van der Waals surface area contributed by atoms with E-state index >= 15 is 0 Å². The van der Waals surface area contributed by atoms with Gasteiger partial charge in [-0.1, -0.05) is 30.3 Å². The number of nitrogens with one attached hydrogen (secondary N) is 1. The number of amides is 2. The van der Waals surface area contributed by atoms with Crippen LogP contribution >= 0.6 is 0 Å². The van der Waals surface area contributed by atoms with E-state index in [-0.39, 0.29) is 36.3 Å². The molecule has 1 fully saturated rings. The summed E-state index contributed by atoms with van der Waals surface area (Å²) in [4.78, 5) is 26.6. The summed E-state index contributed by atoms with van der Waals surface area (Å²) in [5, 5.41) is 3.03. The molecule has 0 radical (unpaired) electrons. The normalized spacial score (nSPS) is 17.9. The fourth-order valence-electron chi connectivity index (χ4n) is 3.26. The van der Waals surface area contributed by atoms with E-state index in [0.29, 0.717) is 6.54 Å². The SMILES string of the molecule is CC(C)Oc1ccc(C(C)NC(=O)C2CC(=O)N(c3ccccc3)C2)cc1. The minimum Gasteiger partial charge on any atom is -0.491 e. The van der Waals surface area contributed by atoms with E-state index in [1.165, 1.54) is 0 Å². The number of hydrogen-bond donors (Lipinski definition) is 1. The van der Waals surface area contributed by atoms with Crippen molar-refractivity contribution in [1.29, 1.82) is 0 Å². The maximum Gasteiger partial charge on any atom is 0.227 e. The molecular weight excluding hydrogens is 340 g/mol. The third-order valence-corrected chi connectivity index (χ3v) is 4.67. The van der Waals surface area contributed by atoms with Crippen molar-refractivity contribution in [3.63, 3.8) is 0 Å². The lowest BCUT2D eigenvalue weighted by atomic mass is 10.0. The number of para-hydroxylation sites is 1. The molecular formula is C22H26N2O3. The molecule has 0 saturated carbocycles. The average molecular weight is 366 g/mol. The average Bonchev–Trinajstić information content (AvgIpc) is 3.04. The van der Waals surface area contributed by atoms with Gasteiger partial charge in [-0.2, -0.15) is 0 Å². The number of ether oxygens (including phenoxy) is 1. The molecule has 5 heteroatoms. The van der Waals surface area contributed by atoms with Gasteiger partial charge in [0.1, 0.15) is 5.75 Å². The van der Waals surface area contributed by atoms with E-state index in [1.807, 2.05) is 75.4 Å². The molecule has 1 N–H and O–H groups in total. The molecule has 3 rings (SSSR count). The highest BCUT2D eigenvalue weighted by Crippen LogP contribution is 2.26. The Kier molecular flexibility index (Phi) is 5.79. The first-order valence-electron chi connectivity index (χ1n) is 9.36. The number of rotatable bonds is 6. The number of hydrogen-bond acceptors (Lipinski definition) is 3. The Bertz CT molecular complexity index is 787. The van der Waals surface area contributed by atoms with E-state index in [0.717, 1.165) is 17.0 Å². The predicted octanol–water partition coefficient (Wildman–Crippen LogP) is 3.70. The van der Waals surface area contributed by atoms with Crippen molar-refractivity contribution in [1.82, 2.24) is 5.32 Å². The van der Waals surface area contributed by atoms with E-state index < -0.39 is 0 Å². The number of carbonyl (C=O) groups excluding carboxylic acids is 2. The summed E-state index contributed by atoms with van der Waals surface area (Å²) in [6.07, 6.45) is 0.370. The highest BCUT2D eigenvalue weighted by Gasteiger charge is 2.35. The summed E-state index contributed by atoms with van der Waals surface area (Å²) < 4.78 is 5.65. The molecule has 1 aliphatic heterocycles. The Morgan fingerprint density at radius 3 is 2.37 bits per heavy atom. The molecule has 1 heterocycles. The smallest absolute Gasteiger partial charge is 0.227 e. The summed E-state index contributed by atoms with van der Waals surface area (Å²) in [6, 6.07) is 17.1. The van der Waals surface area contributed by atoms with E-state index in [9.17, 15) is 9.59 Å². The third kappa shape index (κ3) is 4.67. The lowest BCUT2D eigenvalue weighted by Gasteiger charge is -2.19. The van der Waals surface area contributed by atoms with Gasteiger partial charge in [0.25, 0.3) is 0 Å². The highest BCUT2D eigenvalue weighted by atomic mass is 16.5. The second-order valence-electron chi connectivity index (χ2n) is 7.21. The predicted molar refractivity (Wildman–Crippen MR) is 106 cm³/mol. The summed E-state index contributed by atoms with van der Waals surface area (Å²) in [6.45, 7) is 6.33. The number of carbonyl (C=O) groups is 2. The van der Waals surface area contributed by atoms with E-state index in [1.54, 1.807) is 4.90 Å². The van der Waals surface area contributed by atoms with Crippen molar-refractivity contribution in [2.75, 3.05) is 11.4 Å². The first kappa shape index (κ1) is 19.0.